The van der Waals surface area contributed by atoms with Crippen LogP contribution in [0.3, 0.4) is 0 Å². The summed E-state index contributed by atoms with van der Waals surface area (Å²) in [4.78, 5) is 24.9. The van der Waals surface area contributed by atoms with Crippen LogP contribution in [0, 0.1) is 6.92 Å². The summed E-state index contributed by atoms with van der Waals surface area (Å²) >= 11 is 0. The molecule has 0 saturated carbocycles. The van der Waals surface area contributed by atoms with Crippen LogP contribution in [0.25, 0.3) is 0 Å². The lowest BCUT2D eigenvalue weighted by Crippen LogP contribution is -2.48. The first kappa shape index (κ1) is 23.1. The smallest absolute Gasteiger partial charge is 0.319 e. The van der Waals surface area contributed by atoms with E-state index >= 15 is 0 Å². The molecule has 7 nitrogen and oxygen atoms in total. The van der Waals surface area contributed by atoms with Gasteiger partial charge in [0.25, 0.3) is 0 Å². The van der Waals surface area contributed by atoms with Crippen LogP contribution in [-0.2, 0) is 11.2 Å². The van der Waals surface area contributed by atoms with Crippen molar-refractivity contribution in [3.05, 3.63) is 53.6 Å². The molecule has 0 heterocycles. The molecule has 0 saturated heterocycles. The lowest BCUT2D eigenvalue weighted by molar-refractivity contribution is -0.123. The Balaban J connectivity index is 1.88. The second-order valence-electron chi connectivity index (χ2n) is 7.04. The quantitative estimate of drug-likeness (QED) is 0.555. The predicted molar refractivity (Wildman–Crippen MR) is 118 cm³/mol. The highest BCUT2D eigenvalue weighted by Crippen LogP contribution is 2.27. The number of aryl methyl sites for hydroxylation is 1. The Labute approximate surface area is 178 Å². The average Bonchev–Trinajstić information content (AvgIpc) is 2.73. The molecule has 0 bridgehead atoms. The minimum absolute atomic E-state index is 0.197. The molecule has 2 rings (SSSR count). The first-order valence-corrected chi connectivity index (χ1v) is 10.1. The Kier molecular flexibility index (Phi) is 9.00. The van der Waals surface area contributed by atoms with E-state index in [-0.39, 0.29) is 5.91 Å². The molecule has 0 aliphatic rings. The van der Waals surface area contributed by atoms with Crippen molar-refractivity contribution in [1.82, 2.24) is 10.6 Å². The Morgan fingerprint density at radius 1 is 1.03 bits per heavy atom. The molecule has 30 heavy (non-hydrogen) atoms. The number of carbonyl (C=O) groups excluding carboxylic acids is 2. The molecule has 0 spiro atoms. The van der Waals surface area contributed by atoms with Crippen LogP contribution < -0.4 is 25.4 Å². The molecule has 0 radical (unpaired) electrons. The van der Waals surface area contributed by atoms with Crippen LogP contribution in [-0.4, -0.2) is 38.7 Å². The number of methoxy groups -OCH3 is 2. The van der Waals surface area contributed by atoms with Gasteiger partial charge in [-0.2, -0.15) is 0 Å². The summed E-state index contributed by atoms with van der Waals surface area (Å²) in [6, 6.07) is 12.2. The highest BCUT2D eigenvalue weighted by atomic mass is 16.5. The summed E-state index contributed by atoms with van der Waals surface area (Å²) in [5.41, 5.74) is 2.76. The van der Waals surface area contributed by atoms with Gasteiger partial charge in [0.15, 0.2) is 11.5 Å². The molecular weight excluding hydrogens is 382 g/mol. The maximum atomic E-state index is 12.6. The lowest BCUT2D eigenvalue weighted by Gasteiger charge is -2.18. The average molecular weight is 414 g/mol. The molecule has 0 aliphatic heterocycles. The van der Waals surface area contributed by atoms with E-state index in [1.807, 2.05) is 56.3 Å². The maximum absolute atomic E-state index is 12.6. The number of benzene rings is 2. The van der Waals surface area contributed by atoms with Crippen molar-refractivity contribution in [2.24, 2.45) is 0 Å². The van der Waals surface area contributed by atoms with Gasteiger partial charge in [-0.05, 0) is 55.2 Å². The fourth-order valence-corrected chi connectivity index (χ4v) is 3.10. The Morgan fingerprint density at radius 2 is 1.80 bits per heavy atom. The SMILES string of the molecule is CCCC(NC(=O)Nc1cccc(C)c1)C(=O)NCCc1ccc(OC)c(OC)c1. The van der Waals surface area contributed by atoms with Crippen LogP contribution in [0.4, 0.5) is 10.5 Å². The monoisotopic (exact) mass is 413 g/mol. The van der Waals surface area contributed by atoms with E-state index in [4.69, 9.17) is 9.47 Å². The molecular formula is C23H31N3O4. The number of rotatable bonds is 10. The van der Waals surface area contributed by atoms with E-state index in [0.717, 1.165) is 17.5 Å². The van der Waals surface area contributed by atoms with Crippen molar-refractivity contribution in [3.63, 3.8) is 0 Å². The number of nitrogens with one attached hydrogen (secondary N) is 3. The summed E-state index contributed by atoms with van der Waals surface area (Å²) in [5.74, 6) is 1.12. The van der Waals surface area contributed by atoms with E-state index < -0.39 is 12.1 Å². The van der Waals surface area contributed by atoms with Crippen molar-refractivity contribution >= 4 is 17.6 Å². The van der Waals surface area contributed by atoms with Crippen LogP contribution in [0.15, 0.2) is 42.5 Å². The standard InChI is InChI=1S/C23H31N3O4/c1-5-7-19(26-23(28)25-18-9-6-8-16(2)14-18)22(27)24-13-12-17-10-11-20(29-3)21(15-17)30-4/h6,8-11,14-15,19H,5,7,12-13H2,1-4H3,(H,24,27)(H2,25,26,28). The molecule has 0 aromatic heterocycles. The molecule has 2 aromatic rings. The summed E-state index contributed by atoms with van der Waals surface area (Å²) in [6.45, 7) is 4.38. The molecule has 1 atom stereocenters. The van der Waals surface area contributed by atoms with Crippen LogP contribution >= 0.6 is 0 Å². The zero-order valence-electron chi connectivity index (χ0n) is 18.1. The first-order valence-electron chi connectivity index (χ1n) is 10.1. The van der Waals surface area contributed by atoms with Crippen LogP contribution in [0.1, 0.15) is 30.9 Å². The molecule has 7 heteroatoms. The van der Waals surface area contributed by atoms with Gasteiger partial charge in [0.1, 0.15) is 6.04 Å². The van der Waals surface area contributed by atoms with E-state index in [2.05, 4.69) is 16.0 Å². The highest BCUT2D eigenvalue weighted by molar-refractivity contribution is 5.93. The Bertz CT molecular complexity index is 854. The number of amides is 3. The van der Waals surface area contributed by atoms with Gasteiger partial charge in [-0.3, -0.25) is 4.79 Å². The van der Waals surface area contributed by atoms with Gasteiger partial charge < -0.3 is 25.4 Å². The number of carbonyl (C=O) groups is 2. The van der Waals surface area contributed by atoms with E-state index in [0.29, 0.717) is 36.6 Å². The molecule has 0 aliphatic carbocycles. The number of hydrogen-bond acceptors (Lipinski definition) is 4. The van der Waals surface area contributed by atoms with Crippen molar-refractivity contribution in [2.75, 3.05) is 26.1 Å². The van der Waals surface area contributed by atoms with Crippen molar-refractivity contribution in [1.29, 1.82) is 0 Å². The first-order chi connectivity index (χ1) is 14.5. The van der Waals surface area contributed by atoms with Gasteiger partial charge in [-0.25, -0.2) is 4.79 Å². The van der Waals surface area contributed by atoms with Gasteiger partial charge in [-0.1, -0.05) is 31.5 Å². The number of anilines is 1. The third-order valence-electron chi connectivity index (χ3n) is 4.64. The summed E-state index contributed by atoms with van der Waals surface area (Å²) in [6.07, 6.45) is 1.97. The largest absolute Gasteiger partial charge is 0.493 e. The Morgan fingerprint density at radius 3 is 2.47 bits per heavy atom. The molecule has 1 unspecified atom stereocenters. The second kappa shape index (κ2) is 11.7. The van der Waals surface area contributed by atoms with Crippen LogP contribution in [0.5, 0.6) is 11.5 Å². The zero-order chi connectivity index (χ0) is 21.9. The summed E-state index contributed by atoms with van der Waals surface area (Å²) in [7, 11) is 3.18. The summed E-state index contributed by atoms with van der Waals surface area (Å²) in [5, 5.41) is 8.45. The van der Waals surface area contributed by atoms with Gasteiger partial charge in [0, 0.05) is 12.2 Å². The Hall–Kier alpha value is -3.22. The molecule has 2 aromatic carbocycles. The van der Waals surface area contributed by atoms with E-state index in [1.54, 1.807) is 14.2 Å². The van der Waals surface area contributed by atoms with Crippen molar-refractivity contribution < 1.29 is 19.1 Å². The normalized spacial score (nSPS) is 11.3. The van der Waals surface area contributed by atoms with Gasteiger partial charge in [0.05, 0.1) is 14.2 Å². The second-order valence-corrected chi connectivity index (χ2v) is 7.04. The lowest BCUT2D eigenvalue weighted by atomic mass is 10.1. The zero-order valence-corrected chi connectivity index (χ0v) is 18.1. The fraction of sp³-hybridized carbons (Fsp3) is 0.391. The summed E-state index contributed by atoms with van der Waals surface area (Å²) < 4.78 is 10.5. The number of urea groups is 1. The van der Waals surface area contributed by atoms with Gasteiger partial charge in [0.2, 0.25) is 5.91 Å². The molecule has 162 valence electrons. The maximum Gasteiger partial charge on any atom is 0.319 e. The minimum Gasteiger partial charge on any atom is -0.493 e. The van der Waals surface area contributed by atoms with Crippen molar-refractivity contribution in [3.8, 4) is 11.5 Å². The third-order valence-corrected chi connectivity index (χ3v) is 4.64. The molecule has 3 amide bonds. The van der Waals surface area contributed by atoms with Crippen molar-refractivity contribution in [2.45, 2.75) is 39.2 Å². The highest BCUT2D eigenvalue weighted by Gasteiger charge is 2.19. The van der Waals surface area contributed by atoms with Gasteiger partial charge in [-0.15, -0.1) is 0 Å². The van der Waals surface area contributed by atoms with E-state index in [1.165, 1.54) is 0 Å². The van der Waals surface area contributed by atoms with E-state index in [9.17, 15) is 9.59 Å². The minimum atomic E-state index is -0.592. The molecule has 3 N–H and O–H groups in total. The topological polar surface area (TPSA) is 88.7 Å². The number of hydrogen-bond donors (Lipinski definition) is 3. The van der Waals surface area contributed by atoms with Gasteiger partial charge >= 0.3 is 6.03 Å². The van der Waals surface area contributed by atoms with Crippen LogP contribution in [0.2, 0.25) is 0 Å². The molecule has 0 fully saturated rings. The third kappa shape index (κ3) is 6.99. The fourth-order valence-electron chi connectivity index (χ4n) is 3.10. The number of ether oxygens (including phenoxy) is 2. The predicted octanol–water partition coefficient (Wildman–Crippen LogP) is 3.66.